The van der Waals surface area contributed by atoms with Crippen molar-refractivity contribution in [3.05, 3.63) is 101 Å². The van der Waals surface area contributed by atoms with Crippen LogP contribution in [-0.2, 0) is 9.53 Å². The van der Waals surface area contributed by atoms with E-state index in [0.717, 1.165) is 16.7 Å². The lowest BCUT2D eigenvalue weighted by atomic mass is 9.88. The number of anilines is 1. The summed E-state index contributed by atoms with van der Waals surface area (Å²) in [6.07, 6.45) is -0.525. The van der Waals surface area contributed by atoms with E-state index in [0.29, 0.717) is 23.4 Å². The van der Waals surface area contributed by atoms with Crippen LogP contribution in [0.5, 0.6) is 0 Å². The van der Waals surface area contributed by atoms with Gasteiger partial charge < -0.3 is 15.8 Å². The smallest absolute Gasteiger partial charge is 0.339 e. The van der Waals surface area contributed by atoms with Crippen LogP contribution < -0.4 is 11.1 Å². The first kappa shape index (κ1) is 18.7. The molecule has 0 aliphatic carbocycles. The van der Waals surface area contributed by atoms with Crippen molar-refractivity contribution in [3.63, 3.8) is 0 Å². The minimum Gasteiger partial charge on any atom is -0.449 e. The summed E-state index contributed by atoms with van der Waals surface area (Å²) in [4.78, 5) is 24.8. The van der Waals surface area contributed by atoms with Gasteiger partial charge in [-0.3, -0.25) is 4.79 Å². The van der Waals surface area contributed by atoms with Gasteiger partial charge in [0.1, 0.15) is 0 Å². The lowest BCUT2D eigenvalue weighted by Gasteiger charge is -2.28. The second-order valence-corrected chi connectivity index (χ2v) is 7.15. The molecule has 3 N–H and O–H groups in total. The summed E-state index contributed by atoms with van der Waals surface area (Å²) in [6.45, 7) is 2.35. The molecule has 3 aromatic rings. The lowest BCUT2D eigenvalue weighted by Crippen LogP contribution is -2.46. The molecule has 1 aliphatic heterocycles. The molecule has 0 spiro atoms. The van der Waals surface area contributed by atoms with Crippen molar-refractivity contribution in [2.45, 2.75) is 18.9 Å². The van der Waals surface area contributed by atoms with Crippen LogP contribution in [0.2, 0.25) is 0 Å². The van der Waals surface area contributed by atoms with Gasteiger partial charge in [-0.2, -0.15) is 0 Å². The number of β-lactam (4-membered cyclic amide) rings is 1. The van der Waals surface area contributed by atoms with Crippen LogP contribution in [0.3, 0.4) is 0 Å². The molecule has 1 heterocycles. The highest BCUT2D eigenvalue weighted by molar-refractivity contribution is 5.95. The zero-order valence-electron chi connectivity index (χ0n) is 16.1. The Balaban J connectivity index is 1.65. The number of ether oxygens (including phenoxy) is 1. The Bertz CT molecular complexity index is 1010. The number of benzene rings is 3. The van der Waals surface area contributed by atoms with E-state index in [1.807, 2.05) is 60.7 Å². The van der Waals surface area contributed by atoms with E-state index >= 15 is 0 Å². The molecule has 1 unspecified atom stereocenters. The average Bonchev–Trinajstić information content (AvgIpc) is 2.75. The van der Waals surface area contributed by atoms with Crippen LogP contribution in [0, 0.1) is 6.92 Å². The summed E-state index contributed by atoms with van der Waals surface area (Å²) in [5.74, 6) is -0.740. The SMILES string of the molecule is Cc1c(C(=O)OC(c2ccccc2)c2ccccc2)ccc(C2CNC2=O)c1N. The van der Waals surface area contributed by atoms with Crippen molar-refractivity contribution in [1.82, 2.24) is 5.32 Å². The molecule has 0 bridgehead atoms. The topological polar surface area (TPSA) is 81.4 Å². The van der Waals surface area contributed by atoms with Crippen LogP contribution in [0.1, 0.15) is 44.6 Å². The van der Waals surface area contributed by atoms with Crippen LogP contribution in [0.4, 0.5) is 5.69 Å². The molecule has 5 nitrogen and oxygen atoms in total. The molecule has 3 aromatic carbocycles. The minimum absolute atomic E-state index is 0.0420. The van der Waals surface area contributed by atoms with Gasteiger partial charge in [0, 0.05) is 12.2 Å². The molecule has 0 aromatic heterocycles. The maximum Gasteiger partial charge on any atom is 0.339 e. The first-order chi connectivity index (χ1) is 14.1. The van der Waals surface area contributed by atoms with Gasteiger partial charge in [-0.25, -0.2) is 4.79 Å². The van der Waals surface area contributed by atoms with Crippen LogP contribution >= 0.6 is 0 Å². The lowest BCUT2D eigenvalue weighted by molar-refractivity contribution is -0.127. The van der Waals surface area contributed by atoms with Crippen molar-refractivity contribution in [2.75, 3.05) is 12.3 Å². The van der Waals surface area contributed by atoms with Crippen molar-refractivity contribution in [1.29, 1.82) is 0 Å². The molecule has 5 heteroatoms. The van der Waals surface area contributed by atoms with E-state index in [1.54, 1.807) is 19.1 Å². The van der Waals surface area contributed by atoms with Gasteiger partial charge in [0.25, 0.3) is 0 Å². The minimum atomic E-state index is -0.525. The standard InChI is InChI=1S/C24H22N2O3/c1-15-18(12-13-19(21(15)25)20-14-26-23(20)27)24(28)29-22(16-8-4-2-5-9-16)17-10-6-3-7-11-17/h2-13,20,22H,14,25H2,1H3,(H,26,27). The largest absolute Gasteiger partial charge is 0.449 e. The maximum absolute atomic E-state index is 13.0. The number of carbonyl (C=O) groups is 2. The molecule has 0 saturated carbocycles. The van der Waals surface area contributed by atoms with E-state index in [4.69, 9.17) is 10.5 Å². The van der Waals surface area contributed by atoms with Gasteiger partial charge in [0.2, 0.25) is 5.91 Å². The summed E-state index contributed by atoms with van der Waals surface area (Å²) in [7, 11) is 0. The van der Waals surface area contributed by atoms with Crippen molar-refractivity contribution in [3.8, 4) is 0 Å². The van der Waals surface area contributed by atoms with E-state index < -0.39 is 12.1 Å². The molecule has 4 rings (SSSR count). The summed E-state index contributed by atoms with van der Waals surface area (Å²) >= 11 is 0. The van der Waals surface area contributed by atoms with Crippen LogP contribution in [-0.4, -0.2) is 18.4 Å². The molecule has 1 atom stereocenters. The van der Waals surface area contributed by atoms with Gasteiger partial charge in [0.15, 0.2) is 6.10 Å². The highest BCUT2D eigenvalue weighted by Gasteiger charge is 2.32. The molecular weight excluding hydrogens is 364 g/mol. The predicted octanol–water partition coefficient (Wildman–Crippen LogP) is 3.74. The van der Waals surface area contributed by atoms with E-state index in [2.05, 4.69) is 5.32 Å². The average molecular weight is 386 g/mol. The summed E-state index contributed by atoms with van der Waals surface area (Å²) in [5.41, 5.74) is 10.3. The molecule has 29 heavy (non-hydrogen) atoms. The van der Waals surface area contributed by atoms with Gasteiger partial charge in [-0.15, -0.1) is 0 Å². The highest BCUT2D eigenvalue weighted by Crippen LogP contribution is 2.32. The molecule has 1 amide bonds. The number of hydrogen-bond donors (Lipinski definition) is 2. The predicted molar refractivity (Wildman–Crippen MR) is 111 cm³/mol. The normalized spacial score (nSPS) is 15.5. The third-order valence-electron chi connectivity index (χ3n) is 5.37. The number of hydrogen-bond acceptors (Lipinski definition) is 4. The first-order valence-electron chi connectivity index (χ1n) is 9.54. The number of carbonyl (C=O) groups excluding carboxylic acids is 2. The number of amides is 1. The van der Waals surface area contributed by atoms with Gasteiger partial charge in [-0.1, -0.05) is 66.7 Å². The Hall–Kier alpha value is -3.60. The Morgan fingerprint density at radius 1 is 1.00 bits per heavy atom. The van der Waals surface area contributed by atoms with Gasteiger partial charge in [0.05, 0.1) is 11.5 Å². The number of nitrogen functional groups attached to an aromatic ring is 1. The van der Waals surface area contributed by atoms with E-state index in [9.17, 15) is 9.59 Å². The quantitative estimate of drug-likeness (QED) is 0.398. The fourth-order valence-corrected chi connectivity index (χ4v) is 3.57. The maximum atomic E-state index is 13.0. The molecular formula is C24H22N2O3. The highest BCUT2D eigenvalue weighted by atomic mass is 16.5. The summed E-state index contributed by atoms with van der Waals surface area (Å²) in [6, 6.07) is 22.7. The number of rotatable bonds is 5. The van der Waals surface area contributed by atoms with Crippen LogP contribution in [0.15, 0.2) is 72.8 Å². The van der Waals surface area contributed by atoms with Gasteiger partial charge >= 0.3 is 5.97 Å². The fourth-order valence-electron chi connectivity index (χ4n) is 3.57. The third-order valence-corrected chi connectivity index (χ3v) is 5.37. The Labute approximate surface area is 169 Å². The molecule has 1 saturated heterocycles. The number of nitrogens with two attached hydrogens (primary N) is 1. The van der Waals surface area contributed by atoms with E-state index in [1.165, 1.54) is 0 Å². The summed E-state index contributed by atoms with van der Waals surface area (Å²) in [5, 5.41) is 2.72. The van der Waals surface area contributed by atoms with Crippen molar-refractivity contribution in [2.24, 2.45) is 0 Å². The molecule has 1 fully saturated rings. The van der Waals surface area contributed by atoms with Gasteiger partial charge in [-0.05, 0) is 35.2 Å². The fraction of sp³-hybridized carbons (Fsp3) is 0.167. The van der Waals surface area contributed by atoms with E-state index in [-0.39, 0.29) is 11.8 Å². The molecule has 1 aliphatic rings. The summed E-state index contributed by atoms with van der Waals surface area (Å²) < 4.78 is 5.93. The second kappa shape index (κ2) is 7.80. The van der Waals surface area contributed by atoms with Crippen molar-refractivity contribution >= 4 is 17.6 Å². The Kier molecular flexibility index (Phi) is 5.04. The van der Waals surface area contributed by atoms with Crippen molar-refractivity contribution < 1.29 is 14.3 Å². The molecule has 0 radical (unpaired) electrons. The Morgan fingerprint density at radius 3 is 2.07 bits per heavy atom. The third kappa shape index (κ3) is 3.59. The Morgan fingerprint density at radius 2 is 1.59 bits per heavy atom. The molecule has 146 valence electrons. The van der Waals surface area contributed by atoms with Crippen LogP contribution in [0.25, 0.3) is 0 Å². The zero-order chi connectivity index (χ0) is 20.4. The zero-order valence-corrected chi connectivity index (χ0v) is 16.1. The second-order valence-electron chi connectivity index (χ2n) is 7.15. The number of nitrogens with one attached hydrogen (secondary N) is 1. The number of esters is 1. The monoisotopic (exact) mass is 386 g/mol. The first-order valence-corrected chi connectivity index (χ1v) is 9.54.